The van der Waals surface area contributed by atoms with E-state index in [0.29, 0.717) is 0 Å². The molecule has 0 aliphatic heterocycles. The van der Waals surface area contributed by atoms with Gasteiger partial charge in [0.15, 0.2) is 0 Å². The Labute approximate surface area is 355 Å². The van der Waals surface area contributed by atoms with Gasteiger partial charge in [0, 0.05) is 23.4 Å². The van der Waals surface area contributed by atoms with Crippen molar-refractivity contribution in [1.29, 1.82) is 0 Å². The fourth-order valence-electron chi connectivity index (χ4n) is 10.5. The predicted molar refractivity (Wildman–Crippen MR) is 255 cm³/mol. The zero-order chi connectivity index (χ0) is 40.3. The normalized spacial score (nSPS) is 17.9. The van der Waals surface area contributed by atoms with E-state index in [1.807, 2.05) is 6.20 Å². The zero-order valence-electron chi connectivity index (χ0n) is 33.7. The first-order valence-electron chi connectivity index (χ1n) is 21.5. The van der Waals surface area contributed by atoms with Crippen molar-refractivity contribution in [2.45, 2.75) is 12.5 Å². The Balaban J connectivity index is 1.07. The van der Waals surface area contributed by atoms with Crippen LogP contribution < -0.4 is 10.4 Å². The molecule has 0 fully saturated rings. The van der Waals surface area contributed by atoms with Gasteiger partial charge in [0.25, 0.3) is 0 Å². The van der Waals surface area contributed by atoms with Crippen molar-refractivity contribution < 1.29 is 0 Å². The van der Waals surface area contributed by atoms with Crippen LogP contribution in [0.3, 0.4) is 0 Å². The number of benzene rings is 7. The van der Waals surface area contributed by atoms with Crippen LogP contribution in [0.1, 0.15) is 23.6 Å². The zero-order valence-corrected chi connectivity index (χ0v) is 33.7. The molecule has 2 heterocycles. The third kappa shape index (κ3) is 5.90. The molecular formula is C59H42N2. The molecule has 2 aromatic heterocycles. The van der Waals surface area contributed by atoms with Crippen LogP contribution in [0, 0.1) is 11.8 Å². The summed E-state index contributed by atoms with van der Waals surface area (Å²) in [4.78, 5) is 4.94. The number of fused-ring (bicyclic) bond motifs is 6. The molecule has 2 nitrogen and oxygen atoms in total. The molecule has 0 radical (unpaired) electrons. The molecule has 2 heteroatoms. The molecule has 0 saturated heterocycles. The molecule has 3 unspecified atom stereocenters. The van der Waals surface area contributed by atoms with E-state index in [0.717, 1.165) is 11.9 Å². The maximum atomic E-state index is 4.94. The number of rotatable bonds is 6. The summed E-state index contributed by atoms with van der Waals surface area (Å²) in [5.74, 6) is 0.312. The molecule has 0 N–H and O–H groups in total. The highest BCUT2D eigenvalue weighted by atomic mass is 15.0. The van der Waals surface area contributed by atoms with Crippen molar-refractivity contribution >= 4 is 43.9 Å². The van der Waals surface area contributed by atoms with Crippen LogP contribution in [0.2, 0.25) is 0 Å². The van der Waals surface area contributed by atoms with Gasteiger partial charge in [-0.3, -0.25) is 4.98 Å². The summed E-state index contributed by atoms with van der Waals surface area (Å²) in [7, 11) is 0. The molecule has 3 atom stereocenters. The summed E-state index contributed by atoms with van der Waals surface area (Å²) in [5.41, 5.74) is 16.1. The molecule has 0 saturated carbocycles. The molecule has 0 amide bonds. The van der Waals surface area contributed by atoms with Gasteiger partial charge >= 0.3 is 0 Å². The minimum atomic E-state index is 0.155. The van der Waals surface area contributed by atoms with Crippen LogP contribution in [0.15, 0.2) is 225 Å². The Morgan fingerprint density at radius 2 is 1.02 bits per heavy atom. The molecule has 288 valence electrons. The molecule has 0 bridgehead atoms. The highest BCUT2D eigenvalue weighted by Gasteiger charge is 2.33. The second-order valence-electron chi connectivity index (χ2n) is 16.5. The Kier molecular flexibility index (Phi) is 8.48. The Bertz CT molecular complexity index is 3390. The number of hydrogen-bond donors (Lipinski definition) is 0. The maximum absolute atomic E-state index is 4.94. The van der Waals surface area contributed by atoms with Gasteiger partial charge in [-0.25, -0.2) is 0 Å². The van der Waals surface area contributed by atoms with Gasteiger partial charge in [-0.2, -0.15) is 0 Å². The van der Waals surface area contributed by atoms with E-state index in [1.165, 1.54) is 93.3 Å². The lowest BCUT2D eigenvalue weighted by atomic mass is 9.69. The van der Waals surface area contributed by atoms with Crippen LogP contribution in [0.5, 0.6) is 0 Å². The molecule has 9 aromatic rings. The van der Waals surface area contributed by atoms with Gasteiger partial charge in [-0.1, -0.05) is 176 Å². The van der Waals surface area contributed by atoms with E-state index in [-0.39, 0.29) is 17.9 Å². The maximum Gasteiger partial charge on any atom is 0.0960 e. The average molecular weight is 779 g/mol. The van der Waals surface area contributed by atoms with Gasteiger partial charge in [0.05, 0.1) is 22.6 Å². The van der Waals surface area contributed by atoms with Gasteiger partial charge in [0.2, 0.25) is 0 Å². The monoisotopic (exact) mass is 778 g/mol. The summed E-state index contributed by atoms with van der Waals surface area (Å²) < 4.78 is 2.47. The minimum absolute atomic E-state index is 0.155. The highest BCUT2D eigenvalue weighted by Crippen LogP contribution is 2.45. The number of allylic oxidation sites excluding steroid dienone is 8. The van der Waals surface area contributed by atoms with Crippen molar-refractivity contribution in [2.24, 2.45) is 11.8 Å². The second kappa shape index (κ2) is 14.6. The standard InChI is InChI=1S/C59H42N2/c1-4-17-39(18-5-1)42-35-43(40-19-6-2-7-20-40)37-44(36-42)57-49-25-12-14-27-51(49)58(52-28-15-13-26-50(52)57)53-32-31-46(47-23-10-11-24-48(47)53)41-30-33-55-54(38-41)59-56(29-16-34-60-59)61(55)45-21-8-3-9-22-45/h1-21,23-38,45,49,51H,22H2. The highest BCUT2D eigenvalue weighted by molar-refractivity contribution is 6.10. The number of nitrogens with zero attached hydrogens (tertiary/aromatic N) is 2. The van der Waals surface area contributed by atoms with Crippen LogP contribution >= 0.6 is 0 Å². The van der Waals surface area contributed by atoms with E-state index in [2.05, 4.69) is 223 Å². The van der Waals surface area contributed by atoms with Crippen LogP contribution in [0.4, 0.5) is 0 Å². The average Bonchev–Trinajstić information content (AvgIpc) is 3.67. The van der Waals surface area contributed by atoms with Gasteiger partial charge in [-0.05, 0) is 126 Å². The van der Waals surface area contributed by atoms with E-state index in [9.17, 15) is 0 Å². The lowest BCUT2D eigenvalue weighted by Crippen LogP contribution is -2.40. The van der Waals surface area contributed by atoms with Crippen molar-refractivity contribution in [3.05, 3.63) is 246 Å². The number of pyridine rings is 1. The lowest BCUT2D eigenvalue weighted by Gasteiger charge is -2.34. The Morgan fingerprint density at radius 3 is 1.72 bits per heavy atom. The van der Waals surface area contributed by atoms with Gasteiger partial charge in [-0.15, -0.1) is 0 Å². The first-order chi connectivity index (χ1) is 30.3. The molecule has 12 rings (SSSR count). The second-order valence-corrected chi connectivity index (χ2v) is 16.5. The third-order valence-electron chi connectivity index (χ3n) is 13.1. The van der Waals surface area contributed by atoms with Crippen molar-refractivity contribution in [1.82, 2.24) is 9.55 Å². The van der Waals surface area contributed by atoms with Gasteiger partial charge in [0.1, 0.15) is 0 Å². The SMILES string of the molecule is C1=CCC(n2c3ccc(-c4ccc(C5=c6ccccc6=C(c6cc(-c7ccccc7)cc(-c7ccccc7)c6)C6C=CC=CC56)c5ccccc45)cc3c3ncccc32)C=C1. The van der Waals surface area contributed by atoms with Crippen molar-refractivity contribution in [2.75, 3.05) is 0 Å². The summed E-state index contributed by atoms with van der Waals surface area (Å²) in [6.45, 7) is 0. The van der Waals surface area contributed by atoms with E-state index >= 15 is 0 Å². The fraction of sp³-hybridized carbons (Fsp3) is 0.0678. The summed E-state index contributed by atoms with van der Waals surface area (Å²) >= 11 is 0. The smallest absolute Gasteiger partial charge is 0.0960 e. The Morgan fingerprint density at radius 1 is 0.410 bits per heavy atom. The van der Waals surface area contributed by atoms with E-state index in [1.54, 1.807) is 0 Å². The first-order valence-corrected chi connectivity index (χ1v) is 21.5. The number of hydrogen-bond acceptors (Lipinski definition) is 1. The fourth-order valence-corrected chi connectivity index (χ4v) is 10.5. The topological polar surface area (TPSA) is 17.8 Å². The molecule has 61 heavy (non-hydrogen) atoms. The molecular weight excluding hydrogens is 737 g/mol. The van der Waals surface area contributed by atoms with Gasteiger partial charge < -0.3 is 4.57 Å². The molecule has 3 aliphatic carbocycles. The quantitative estimate of drug-likeness (QED) is 0.164. The van der Waals surface area contributed by atoms with Crippen molar-refractivity contribution in [3.63, 3.8) is 0 Å². The number of aromatic nitrogens is 2. The third-order valence-corrected chi connectivity index (χ3v) is 13.1. The van der Waals surface area contributed by atoms with E-state index < -0.39 is 0 Å². The minimum Gasteiger partial charge on any atom is -0.332 e. The Hall–Kier alpha value is -7.55. The largest absolute Gasteiger partial charge is 0.332 e. The molecule has 3 aliphatic rings. The molecule has 0 spiro atoms. The van der Waals surface area contributed by atoms with Crippen LogP contribution in [0.25, 0.3) is 77.2 Å². The predicted octanol–water partition coefficient (Wildman–Crippen LogP) is 13.2. The van der Waals surface area contributed by atoms with E-state index in [4.69, 9.17) is 4.98 Å². The van der Waals surface area contributed by atoms with Crippen LogP contribution in [-0.2, 0) is 0 Å². The lowest BCUT2D eigenvalue weighted by molar-refractivity contribution is 0.648. The van der Waals surface area contributed by atoms with Crippen molar-refractivity contribution in [3.8, 4) is 33.4 Å². The van der Waals surface area contributed by atoms with Crippen LogP contribution in [-0.4, -0.2) is 9.55 Å². The first kappa shape index (κ1) is 35.4. The summed E-state index contributed by atoms with van der Waals surface area (Å²) in [5, 5.41) is 6.32. The summed E-state index contributed by atoms with van der Waals surface area (Å²) in [6, 6.07) is 63.2. The molecule has 7 aromatic carbocycles. The summed E-state index contributed by atoms with van der Waals surface area (Å²) in [6.07, 6.45) is 21.1.